The highest BCUT2D eigenvalue weighted by Gasteiger charge is 1.94. The van der Waals surface area contributed by atoms with Gasteiger partial charge in [-0.15, -0.1) is 0 Å². The SMILES string of the molecule is C=NNC(=C)N=C(C)N(C)O. The number of amidine groups is 1. The molecule has 0 atom stereocenters. The fraction of sp³-hybridized carbons (Fsp3) is 0.333. The van der Waals surface area contributed by atoms with Crippen molar-refractivity contribution in [1.82, 2.24) is 10.5 Å². The summed E-state index contributed by atoms with van der Waals surface area (Å²) in [4.78, 5) is 3.82. The molecule has 62 valence electrons. The standard InChI is InChI=1S/C6H12N4O/c1-5(9-7-3)8-6(2)10(4)11/h9,11H,1,3H2,2,4H3. The molecule has 0 aromatic carbocycles. The average Bonchev–Trinajstić information content (AvgIpc) is 1.87. The second-order valence-electron chi connectivity index (χ2n) is 1.90. The van der Waals surface area contributed by atoms with Crippen molar-refractivity contribution in [2.24, 2.45) is 10.1 Å². The molecule has 0 bridgehead atoms. The van der Waals surface area contributed by atoms with E-state index in [4.69, 9.17) is 5.21 Å². The van der Waals surface area contributed by atoms with Crippen LogP contribution in [-0.2, 0) is 0 Å². The molecule has 0 radical (unpaired) electrons. The van der Waals surface area contributed by atoms with Gasteiger partial charge in [0.15, 0.2) is 0 Å². The molecule has 0 aliphatic carbocycles. The lowest BCUT2D eigenvalue weighted by molar-refractivity contribution is 0.0127. The van der Waals surface area contributed by atoms with Gasteiger partial charge in [-0.05, 0) is 6.92 Å². The van der Waals surface area contributed by atoms with Gasteiger partial charge < -0.3 is 0 Å². The van der Waals surface area contributed by atoms with Crippen LogP contribution in [0.2, 0.25) is 0 Å². The summed E-state index contributed by atoms with van der Waals surface area (Å²) in [5.41, 5.74) is 2.43. The summed E-state index contributed by atoms with van der Waals surface area (Å²) in [5, 5.41) is 13.1. The molecule has 0 saturated heterocycles. The maximum absolute atomic E-state index is 8.83. The number of nitrogens with one attached hydrogen (secondary N) is 1. The first-order chi connectivity index (χ1) is 5.07. The first-order valence-electron chi connectivity index (χ1n) is 2.96. The Kier molecular flexibility index (Phi) is 3.90. The third-order valence-electron chi connectivity index (χ3n) is 0.973. The van der Waals surface area contributed by atoms with E-state index in [1.807, 2.05) is 0 Å². The Balaban J connectivity index is 4.07. The molecule has 0 rings (SSSR count). The van der Waals surface area contributed by atoms with Crippen molar-refractivity contribution in [2.45, 2.75) is 6.92 Å². The number of aliphatic imine (C=N–C) groups is 1. The van der Waals surface area contributed by atoms with Crippen LogP contribution in [0.5, 0.6) is 0 Å². The average molecular weight is 156 g/mol. The molecule has 11 heavy (non-hydrogen) atoms. The van der Waals surface area contributed by atoms with Crippen LogP contribution in [0.1, 0.15) is 6.92 Å². The molecule has 0 aromatic heterocycles. The summed E-state index contributed by atoms with van der Waals surface area (Å²) in [6.07, 6.45) is 0. The van der Waals surface area contributed by atoms with Crippen molar-refractivity contribution in [2.75, 3.05) is 7.05 Å². The van der Waals surface area contributed by atoms with E-state index in [9.17, 15) is 0 Å². The van der Waals surface area contributed by atoms with E-state index in [0.717, 1.165) is 5.06 Å². The fourth-order valence-corrected chi connectivity index (χ4v) is 0.384. The minimum atomic E-state index is 0.332. The zero-order valence-electron chi connectivity index (χ0n) is 6.70. The van der Waals surface area contributed by atoms with Crippen LogP contribution in [0, 0.1) is 0 Å². The molecule has 2 N–H and O–H groups in total. The Bertz CT molecular complexity index is 185. The van der Waals surface area contributed by atoms with Gasteiger partial charge in [-0.3, -0.25) is 10.6 Å². The first kappa shape index (κ1) is 9.64. The van der Waals surface area contributed by atoms with Crippen LogP contribution >= 0.6 is 0 Å². The van der Waals surface area contributed by atoms with Crippen molar-refractivity contribution >= 4 is 12.6 Å². The Labute approximate surface area is 65.7 Å². The molecule has 5 nitrogen and oxygen atoms in total. The number of rotatable bonds is 3. The molecular weight excluding hydrogens is 144 g/mol. The number of hydrogen-bond acceptors (Lipinski definition) is 4. The van der Waals surface area contributed by atoms with Gasteiger partial charge in [0.05, 0.1) is 0 Å². The van der Waals surface area contributed by atoms with Gasteiger partial charge in [-0.2, -0.15) is 5.10 Å². The second kappa shape index (κ2) is 4.45. The topological polar surface area (TPSA) is 60.2 Å². The molecule has 0 saturated carbocycles. The Hall–Kier alpha value is -1.36. The maximum Gasteiger partial charge on any atom is 0.141 e. The number of hydrazone groups is 1. The van der Waals surface area contributed by atoms with E-state index in [1.165, 1.54) is 7.05 Å². The zero-order valence-corrected chi connectivity index (χ0v) is 6.70. The van der Waals surface area contributed by atoms with Gasteiger partial charge in [-0.25, -0.2) is 10.1 Å². The summed E-state index contributed by atoms with van der Waals surface area (Å²) in [7, 11) is 1.47. The number of hydrogen-bond donors (Lipinski definition) is 2. The third kappa shape index (κ3) is 4.10. The molecule has 0 fully saturated rings. The van der Waals surface area contributed by atoms with Gasteiger partial charge in [0.1, 0.15) is 11.7 Å². The summed E-state index contributed by atoms with van der Waals surface area (Å²) in [5.74, 6) is 0.754. The van der Waals surface area contributed by atoms with Gasteiger partial charge in [0.2, 0.25) is 0 Å². The molecule has 0 amide bonds. The molecule has 0 aliphatic heterocycles. The van der Waals surface area contributed by atoms with E-state index in [0.29, 0.717) is 11.7 Å². The third-order valence-corrected chi connectivity index (χ3v) is 0.973. The molecule has 0 spiro atoms. The molecule has 5 heteroatoms. The van der Waals surface area contributed by atoms with Crippen LogP contribution in [0.25, 0.3) is 0 Å². The monoisotopic (exact) mass is 156 g/mol. The van der Waals surface area contributed by atoms with Gasteiger partial charge >= 0.3 is 0 Å². The summed E-state index contributed by atoms with van der Waals surface area (Å²) >= 11 is 0. The lowest BCUT2D eigenvalue weighted by atomic mass is 10.6. The summed E-state index contributed by atoms with van der Waals surface area (Å²) in [6, 6.07) is 0. The van der Waals surface area contributed by atoms with Crippen molar-refractivity contribution < 1.29 is 5.21 Å². The Morgan fingerprint density at radius 2 is 2.18 bits per heavy atom. The highest BCUT2D eigenvalue weighted by Crippen LogP contribution is 1.89. The van der Waals surface area contributed by atoms with Crippen LogP contribution in [0.3, 0.4) is 0 Å². The molecular formula is C6H12N4O. The smallest absolute Gasteiger partial charge is 0.141 e. The molecule has 0 aromatic rings. The van der Waals surface area contributed by atoms with Gasteiger partial charge in [0.25, 0.3) is 0 Å². The minimum absolute atomic E-state index is 0.332. The molecule has 0 aliphatic rings. The predicted octanol–water partition coefficient (Wildman–Crippen LogP) is 0.402. The lowest BCUT2D eigenvalue weighted by Gasteiger charge is -2.08. The van der Waals surface area contributed by atoms with Crippen LogP contribution in [-0.4, -0.2) is 29.9 Å². The summed E-state index contributed by atoms with van der Waals surface area (Å²) in [6.45, 7) is 8.32. The highest BCUT2D eigenvalue weighted by atomic mass is 16.5. The number of nitrogens with zero attached hydrogens (tertiary/aromatic N) is 3. The van der Waals surface area contributed by atoms with E-state index in [-0.39, 0.29) is 0 Å². The molecule has 0 heterocycles. The zero-order chi connectivity index (χ0) is 8.85. The van der Waals surface area contributed by atoms with Crippen LogP contribution in [0.15, 0.2) is 22.5 Å². The quantitative estimate of drug-likeness (QED) is 0.353. The predicted molar refractivity (Wildman–Crippen MR) is 44.5 cm³/mol. The van der Waals surface area contributed by atoms with E-state index < -0.39 is 0 Å². The van der Waals surface area contributed by atoms with Crippen LogP contribution < -0.4 is 5.43 Å². The first-order valence-corrected chi connectivity index (χ1v) is 2.96. The minimum Gasteiger partial charge on any atom is -0.288 e. The Morgan fingerprint density at radius 1 is 1.64 bits per heavy atom. The normalized spacial score (nSPS) is 10.6. The van der Waals surface area contributed by atoms with E-state index >= 15 is 0 Å². The van der Waals surface area contributed by atoms with Crippen molar-refractivity contribution in [3.63, 3.8) is 0 Å². The largest absolute Gasteiger partial charge is 0.288 e. The maximum atomic E-state index is 8.83. The lowest BCUT2D eigenvalue weighted by Crippen LogP contribution is -2.20. The van der Waals surface area contributed by atoms with E-state index in [2.05, 4.69) is 28.8 Å². The second-order valence-corrected chi connectivity index (χ2v) is 1.90. The summed E-state index contributed by atoms with van der Waals surface area (Å²) < 4.78 is 0. The highest BCUT2D eigenvalue weighted by molar-refractivity contribution is 5.79. The number of hydroxylamine groups is 2. The Morgan fingerprint density at radius 3 is 2.55 bits per heavy atom. The van der Waals surface area contributed by atoms with Crippen molar-refractivity contribution in [3.8, 4) is 0 Å². The van der Waals surface area contributed by atoms with E-state index in [1.54, 1.807) is 6.92 Å². The van der Waals surface area contributed by atoms with Crippen molar-refractivity contribution in [3.05, 3.63) is 12.4 Å². The fourth-order valence-electron chi connectivity index (χ4n) is 0.384. The van der Waals surface area contributed by atoms with Gasteiger partial charge in [0, 0.05) is 13.8 Å². The van der Waals surface area contributed by atoms with Crippen molar-refractivity contribution in [1.29, 1.82) is 0 Å². The van der Waals surface area contributed by atoms with Gasteiger partial charge in [-0.1, -0.05) is 6.58 Å². The van der Waals surface area contributed by atoms with Crippen LogP contribution in [0.4, 0.5) is 0 Å². The molecule has 0 unspecified atom stereocenters.